The number of hydrogen-bond donors (Lipinski definition) is 4. The van der Waals surface area contributed by atoms with Crippen LogP contribution >= 0.6 is 0 Å². The first-order chi connectivity index (χ1) is 17.9. The van der Waals surface area contributed by atoms with Crippen molar-refractivity contribution in [2.45, 2.75) is 83.0 Å². The molecule has 0 aromatic heterocycles. The maximum atomic E-state index is 13.9. The molecule has 0 radical (unpaired) electrons. The third-order valence-electron chi connectivity index (χ3n) is 6.49. The highest BCUT2D eigenvalue weighted by atomic mass is 16.6. The van der Waals surface area contributed by atoms with Gasteiger partial charge in [-0.1, -0.05) is 43.5 Å². The molecule has 1 fully saturated rings. The number of ether oxygens (including phenoxy) is 1. The normalized spacial score (nSPS) is 15.7. The van der Waals surface area contributed by atoms with Crippen molar-refractivity contribution in [2.75, 3.05) is 7.05 Å². The lowest BCUT2D eigenvalue weighted by molar-refractivity contribution is -0.141. The van der Waals surface area contributed by atoms with Crippen LogP contribution in [0.1, 0.15) is 70.0 Å². The predicted octanol–water partition coefficient (Wildman–Crippen LogP) is 4.18. The molecule has 0 saturated heterocycles. The Kier molecular flexibility index (Phi) is 9.61. The molecule has 1 aliphatic rings. The number of likely N-dealkylation sites (N-methyl/N-ethyl adjacent to an activating group) is 1. The van der Waals surface area contributed by atoms with Crippen LogP contribution in [0.25, 0.3) is 0 Å². The topological polar surface area (TPSA) is 128 Å². The van der Waals surface area contributed by atoms with E-state index in [1.165, 1.54) is 36.2 Å². The number of carbonyl (C=O) groups is 3. The minimum atomic E-state index is -1.05. The molecule has 3 amide bonds. The van der Waals surface area contributed by atoms with Gasteiger partial charge in [0.25, 0.3) is 0 Å². The van der Waals surface area contributed by atoms with E-state index >= 15 is 0 Å². The zero-order valence-corrected chi connectivity index (χ0v) is 22.6. The molecule has 4 N–H and O–H groups in total. The second-order valence-corrected chi connectivity index (χ2v) is 10.9. The van der Waals surface area contributed by atoms with Gasteiger partial charge in [-0.25, -0.2) is 4.79 Å². The van der Waals surface area contributed by atoms with Crippen LogP contribution < -0.4 is 10.6 Å². The molecule has 0 spiro atoms. The van der Waals surface area contributed by atoms with Gasteiger partial charge in [0, 0.05) is 19.5 Å². The molecule has 2 aromatic carbocycles. The van der Waals surface area contributed by atoms with Gasteiger partial charge in [-0.2, -0.15) is 0 Å². The Labute approximate surface area is 224 Å². The first-order valence-electron chi connectivity index (χ1n) is 13.1. The molecule has 1 aliphatic carbocycles. The molecular weight excluding hydrogens is 486 g/mol. The summed E-state index contributed by atoms with van der Waals surface area (Å²) in [7, 11) is 1.51. The Morgan fingerprint density at radius 3 is 2.26 bits per heavy atom. The Bertz CT molecular complexity index is 1110. The van der Waals surface area contributed by atoms with Gasteiger partial charge in [-0.05, 0) is 69.0 Å². The zero-order chi connectivity index (χ0) is 27.9. The van der Waals surface area contributed by atoms with Crippen molar-refractivity contribution in [1.82, 2.24) is 15.5 Å². The first kappa shape index (κ1) is 28.8. The fraction of sp³-hybridized carbons (Fsp3) is 0.483. The highest BCUT2D eigenvalue weighted by molar-refractivity contribution is 5.92. The van der Waals surface area contributed by atoms with E-state index in [1.54, 1.807) is 45.0 Å². The highest BCUT2D eigenvalue weighted by Crippen LogP contribution is 2.26. The van der Waals surface area contributed by atoms with Crippen molar-refractivity contribution in [3.05, 3.63) is 59.7 Å². The van der Waals surface area contributed by atoms with Crippen LogP contribution in [0.15, 0.2) is 48.5 Å². The molecule has 0 aliphatic heterocycles. The molecule has 9 nitrogen and oxygen atoms in total. The third-order valence-corrected chi connectivity index (χ3v) is 6.49. The lowest BCUT2D eigenvalue weighted by atomic mass is 9.94. The Morgan fingerprint density at radius 1 is 1.00 bits per heavy atom. The summed E-state index contributed by atoms with van der Waals surface area (Å²) in [5.41, 5.74) is 0.382. The standard InChI is InChI=1S/C29H39N3O6/c1-29(2,3)38-28(37)31-24(17-19-13-15-22(33)16-14-19)27(36)32(4)25(20-9-8-12-23(34)18-20)26(35)30-21-10-6-5-7-11-21/h8-9,12-16,18,21,24-25,33-34H,5-7,10-11,17H2,1-4H3,(H,30,35)(H,31,37). The van der Waals surface area contributed by atoms with E-state index < -0.39 is 29.7 Å². The van der Waals surface area contributed by atoms with Gasteiger partial charge in [0.05, 0.1) is 0 Å². The number of phenolic OH excluding ortho intramolecular Hbond substituents is 2. The smallest absolute Gasteiger partial charge is 0.408 e. The largest absolute Gasteiger partial charge is 0.508 e. The van der Waals surface area contributed by atoms with Gasteiger partial charge in [0.2, 0.25) is 11.8 Å². The Hall–Kier alpha value is -3.75. The van der Waals surface area contributed by atoms with Gasteiger partial charge < -0.3 is 30.5 Å². The average molecular weight is 526 g/mol. The molecule has 1 saturated carbocycles. The number of alkyl carbamates (subject to hydrolysis) is 1. The first-order valence-corrected chi connectivity index (χ1v) is 13.1. The van der Waals surface area contributed by atoms with E-state index in [-0.39, 0.29) is 29.9 Å². The Balaban J connectivity index is 1.90. The molecule has 2 aromatic rings. The van der Waals surface area contributed by atoms with Gasteiger partial charge in [0.1, 0.15) is 29.2 Å². The van der Waals surface area contributed by atoms with Crippen molar-refractivity contribution in [2.24, 2.45) is 0 Å². The van der Waals surface area contributed by atoms with E-state index in [2.05, 4.69) is 10.6 Å². The molecule has 206 valence electrons. The molecule has 3 rings (SSSR count). The SMILES string of the molecule is CN(C(=O)C(Cc1ccc(O)cc1)NC(=O)OC(C)(C)C)C(C(=O)NC1CCCCC1)c1cccc(O)c1. The van der Waals surface area contributed by atoms with E-state index in [4.69, 9.17) is 4.74 Å². The summed E-state index contributed by atoms with van der Waals surface area (Å²) in [6, 6.07) is 10.5. The summed E-state index contributed by atoms with van der Waals surface area (Å²) in [6.07, 6.45) is 4.30. The summed E-state index contributed by atoms with van der Waals surface area (Å²) in [6.45, 7) is 5.18. The number of hydrogen-bond acceptors (Lipinski definition) is 6. The van der Waals surface area contributed by atoms with Gasteiger partial charge in [0.15, 0.2) is 0 Å². The molecule has 0 bridgehead atoms. The number of amides is 3. The summed E-state index contributed by atoms with van der Waals surface area (Å²) in [5.74, 6) is -0.793. The van der Waals surface area contributed by atoms with Crippen LogP contribution in [0.4, 0.5) is 4.79 Å². The number of rotatable bonds is 8. The molecule has 0 heterocycles. The van der Waals surface area contributed by atoms with Crippen LogP contribution in [0, 0.1) is 0 Å². The van der Waals surface area contributed by atoms with Crippen molar-refractivity contribution in [3.63, 3.8) is 0 Å². The monoisotopic (exact) mass is 525 g/mol. The number of benzene rings is 2. The lowest BCUT2D eigenvalue weighted by Crippen LogP contribution is -2.53. The molecule has 38 heavy (non-hydrogen) atoms. The second kappa shape index (κ2) is 12.7. The van der Waals surface area contributed by atoms with Crippen molar-refractivity contribution < 1.29 is 29.3 Å². The zero-order valence-electron chi connectivity index (χ0n) is 22.6. The van der Waals surface area contributed by atoms with Crippen LogP contribution in [0.3, 0.4) is 0 Å². The predicted molar refractivity (Wildman–Crippen MR) is 144 cm³/mol. The molecular formula is C29H39N3O6. The number of nitrogens with zero attached hydrogens (tertiary/aromatic N) is 1. The maximum Gasteiger partial charge on any atom is 0.408 e. The van der Waals surface area contributed by atoms with Crippen LogP contribution in [-0.4, -0.2) is 57.8 Å². The van der Waals surface area contributed by atoms with Crippen LogP contribution in [0.5, 0.6) is 11.5 Å². The van der Waals surface area contributed by atoms with Gasteiger partial charge in [-0.3, -0.25) is 9.59 Å². The summed E-state index contributed by atoms with van der Waals surface area (Å²) < 4.78 is 5.39. The number of phenols is 2. The van der Waals surface area contributed by atoms with E-state index in [0.29, 0.717) is 11.1 Å². The number of carbonyl (C=O) groups excluding carboxylic acids is 3. The van der Waals surface area contributed by atoms with Crippen LogP contribution in [0.2, 0.25) is 0 Å². The number of nitrogens with one attached hydrogen (secondary N) is 2. The van der Waals surface area contributed by atoms with Crippen molar-refractivity contribution in [1.29, 1.82) is 0 Å². The Morgan fingerprint density at radius 2 is 1.66 bits per heavy atom. The maximum absolute atomic E-state index is 13.9. The lowest BCUT2D eigenvalue weighted by Gasteiger charge is -2.33. The minimum absolute atomic E-state index is 0.0206. The van der Waals surface area contributed by atoms with E-state index in [1.807, 2.05) is 0 Å². The van der Waals surface area contributed by atoms with Crippen molar-refractivity contribution >= 4 is 17.9 Å². The average Bonchev–Trinajstić information content (AvgIpc) is 2.84. The fourth-order valence-corrected chi connectivity index (χ4v) is 4.66. The molecule has 2 atom stereocenters. The van der Waals surface area contributed by atoms with Crippen LogP contribution in [-0.2, 0) is 20.7 Å². The quantitative estimate of drug-likeness (QED) is 0.409. The summed E-state index contributed by atoms with van der Waals surface area (Å²) in [5, 5.41) is 25.5. The van der Waals surface area contributed by atoms with E-state index in [9.17, 15) is 24.6 Å². The minimum Gasteiger partial charge on any atom is -0.508 e. The van der Waals surface area contributed by atoms with Gasteiger partial charge in [-0.15, -0.1) is 0 Å². The summed E-state index contributed by atoms with van der Waals surface area (Å²) >= 11 is 0. The summed E-state index contributed by atoms with van der Waals surface area (Å²) in [4.78, 5) is 41.4. The fourth-order valence-electron chi connectivity index (χ4n) is 4.66. The van der Waals surface area contributed by atoms with E-state index in [0.717, 1.165) is 32.1 Å². The second-order valence-electron chi connectivity index (χ2n) is 10.9. The third kappa shape index (κ3) is 8.39. The highest BCUT2D eigenvalue weighted by Gasteiger charge is 2.35. The molecule has 2 unspecified atom stereocenters. The molecule has 9 heteroatoms. The van der Waals surface area contributed by atoms with Crippen molar-refractivity contribution in [3.8, 4) is 11.5 Å². The van der Waals surface area contributed by atoms with Gasteiger partial charge >= 0.3 is 6.09 Å². The number of aromatic hydroxyl groups is 2.